The van der Waals surface area contributed by atoms with Crippen molar-refractivity contribution >= 4 is 33.9 Å². The number of rotatable bonds is 5. The van der Waals surface area contributed by atoms with E-state index in [0.717, 1.165) is 53.8 Å². The zero-order chi connectivity index (χ0) is 22.2. The van der Waals surface area contributed by atoms with Gasteiger partial charge in [-0.1, -0.05) is 18.7 Å². The third-order valence-corrected chi connectivity index (χ3v) is 5.69. The van der Waals surface area contributed by atoms with Crippen molar-refractivity contribution in [1.29, 1.82) is 0 Å². The van der Waals surface area contributed by atoms with Crippen LogP contribution in [0, 0.1) is 0 Å². The first kappa shape index (κ1) is 21.0. The summed E-state index contributed by atoms with van der Waals surface area (Å²) in [6.07, 6.45) is 3.49. The minimum absolute atomic E-state index is 0.284. The zero-order valence-corrected chi connectivity index (χ0v) is 18.6. The first-order valence-electron chi connectivity index (χ1n) is 10.9. The summed E-state index contributed by atoms with van der Waals surface area (Å²) in [7, 11) is 0. The first-order chi connectivity index (χ1) is 14.7. The minimum Gasteiger partial charge on any atom is -0.443 e. The van der Waals surface area contributed by atoms with Crippen molar-refractivity contribution in [2.75, 3.05) is 17.2 Å². The fourth-order valence-corrected chi connectivity index (χ4v) is 4.13. The number of nitrogen functional groups attached to an aromatic ring is 1. The van der Waals surface area contributed by atoms with Crippen molar-refractivity contribution in [3.8, 4) is 0 Å². The number of nitrogens with one attached hydrogen (secondary N) is 1. The van der Waals surface area contributed by atoms with Gasteiger partial charge in [0, 0.05) is 28.8 Å². The molecule has 0 bridgehead atoms. The lowest BCUT2D eigenvalue weighted by Gasteiger charge is -2.24. The van der Waals surface area contributed by atoms with E-state index in [-0.39, 0.29) is 6.09 Å². The van der Waals surface area contributed by atoms with Crippen LogP contribution < -0.4 is 10.6 Å². The Labute approximate surface area is 183 Å². The summed E-state index contributed by atoms with van der Waals surface area (Å²) >= 11 is 0. The average molecular weight is 418 g/mol. The van der Waals surface area contributed by atoms with Gasteiger partial charge >= 0.3 is 6.09 Å². The molecule has 0 saturated heterocycles. The number of carbonyl (C=O) groups is 1. The molecule has 4 rings (SSSR count). The Balaban J connectivity index is 1.47. The number of anilines is 2. The van der Waals surface area contributed by atoms with Crippen LogP contribution in [0.5, 0.6) is 0 Å². The standard InChI is InChI=1S/C26H31N3O2/c1-17(6-5-7-18-8-10-19(27)11-9-18)23-16-21-20-14-15-29(25(30)31-26(2,3)4)24(20)13-12-22(21)28-23/h8-13,16,28H,1,5-7,14-15,27H2,2-4H3. The molecule has 0 fully saturated rings. The van der Waals surface area contributed by atoms with Gasteiger partial charge in [0.05, 0.1) is 5.69 Å². The van der Waals surface area contributed by atoms with E-state index in [4.69, 9.17) is 10.5 Å². The number of aromatic amines is 1. The fraction of sp³-hybridized carbons (Fsp3) is 0.346. The highest BCUT2D eigenvalue weighted by Gasteiger charge is 2.30. The molecule has 0 aliphatic carbocycles. The predicted molar refractivity (Wildman–Crippen MR) is 128 cm³/mol. The molecule has 5 heteroatoms. The maximum Gasteiger partial charge on any atom is 0.414 e. The van der Waals surface area contributed by atoms with Crippen LogP contribution >= 0.6 is 0 Å². The Bertz CT molecular complexity index is 1120. The molecule has 0 spiro atoms. The van der Waals surface area contributed by atoms with Gasteiger partial charge in [0.15, 0.2) is 0 Å². The van der Waals surface area contributed by atoms with E-state index in [1.54, 1.807) is 4.90 Å². The van der Waals surface area contributed by atoms with Crippen LogP contribution in [0.2, 0.25) is 0 Å². The molecule has 3 aromatic rings. The van der Waals surface area contributed by atoms with Gasteiger partial charge in [-0.2, -0.15) is 0 Å². The zero-order valence-electron chi connectivity index (χ0n) is 18.6. The Kier molecular flexibility index (Phi) is 5.52. The van der Waals surface area contributed by atoms with Gasteiger partial charge in [0.2, 0.25) is 0 Å². The van der Waals surface area contributed by atoms with E-state index in [1.165, 1.54) is 16.5 Å². The number of hydrogen-bond donors (Lipinski definition) is 2. The van der Waals surface area contributed by atoms with E-state index < -0.39 is 5.60 Å². The van der Waals surface area contributed by atoms with Gasteiger partial charge in [-0.3, -0.25) is 4.90 Å². The number of benzene rings is 2. The molecule has 0 radical (unpaired) electrons. The first-order valence-corrected chi connectivity index (χ1v) is 10.9. The lowest BCUT2D eigenvalue weighted by atomic mass is 10.0. The second kappa shape index (κ2) is 8.14. The number of ether oxygens (including phenoxy) is 1. The van der Waals surface area contributed by atoms with Crippen molar-refractivity contribution in [2.24, 2.45) is 0 Å². The molecule has 31 heavy (non-hydrogen) atoms. The molecule has 1 aliphatic heterocycles. The summed E-state index contributed by atoms with van der Waals surface area (Å²) < 4.78 is 5.58. The van der Waals surface area contributed by atoms with E-state index in [0.29, 0.717) is 6.54 Å². The second-order valence-corrected chi connectivity index (χ2v) is 9.29. The summed E-state index contributed by atoms with van der Waals surface area (Å²) in [5.41, 5.74) is 12.7. The number of allylic oxidation sites excluding steroid dienone is 1. The van der Waals surface area contributed by atoms with Crippen LogP contribution in [0.4, 0.5) is 16.2 Å². The maximum absolute atomic E-state index is 12.6. The molecule has 1 aliphatic rings. The Morgan fingerprint density at radius 1 is 1.19 bits per heavy atom. The molecule has 162 valence electrons. The number of fused-ring (bicyclic) bond motifs is 3. The lowest BCUT2D eigenvalue weighted by Crippen LogP contribution is -2.35. The van der Waals surface area contributed by atoms with E-state index in [2.05, 4.69) is 29.8 Å². The van der Waals surface area contributed by atoms with E-state index >= 15 is 0 Å². The van der Waals surface area contributed by atoms with E-state index in [1.807, 2.05) is 45.0 Å². The third kappa shape index (κ3) is 4.61. The number of amides is 1. The number of nitrogens with two attached hydrogens (primary N) is 1. The third-order valence-electron chi connectivity index (χ3n) is 5.69. The van der Waals surface area contributed by atoms with Crippen LogP contribution in [-0.4, -0.2) is 23.2 Å². The number of aryl methyl sites for hydroxylation is 1. The highest BCUT2D eigenvalue weighted by molar-refractivity contribution is 5.98. The molecule has 3 N–H and O–H groups in total. The molecule has 1 aromatic heterocycles. The van der Waals surface area contributed by atoms with Gasteiger partial charge in [-0.05, 0) is 93.5 Å². The number of H-pyrrole nitrogens is 1. The largest absolute Gasteiger partial charge is 0.443 e. The molecule has 0 unspecified atom stereocenters. The average Bonchev–Trinajstić information content (AvgIpc) is 3.32. The Morgan fingerprint density at radius 3 is 2.65 bits per heavy atom. The smallest absolute Gasteiger partial charge is 0.414 e. The van der Waals surface area contributed by atoms with Gasteiger partial charge in [0.1, 0.15) is 5.60 Å². The topological polar surface area (TPSA) is 71.4 Å². The van der Waals surface area contributed by atoms with Crippen LogP contribution in [0.15, 0.2) is 49.0 Å². The van der Waals surface area contributed by atoms with Crippen molar-refractivity contribution in [3.63, 3.8) is 0 Å². The van der Waals surface area contributed by atoms with Crippen molar-refractivity contribution in [1.82, 2.24) is 4.98 Å². The van der Waals surface area contributed by atoms with Crippen LogP contribution in [0.3, 0.4) is 0 Å². The molecule has 0 atom stereocenters. The number of nitrogens with zero attached hydrogens (tertiary/aromatic N) is 1. The Morgan fingerprint density at radius 2 is 1.94 bits per heavy atom. The molecule has 2 aromatic carbocycles. The quantitative estimate of drug-likeness (QED) is 0.494. The van der Waals surface area contributed by atoms with Crippen LogP contribution in [-0.2, 0) is 17.6 Å². The molecule has 5 nitrogen and oxygen atoms in total. The number of aromatic nitrogens is 1. The van der Waals surface area contributed by atoms with Gasteiger partial charge in [-0.15, -0.1) is 0 Å². The summed E-state index contributed by atoms with van der Waals surface area (Å²) in [4.78, 5) is 17.9. The highest BCUT2D eigenvalue weighted by atomic mass is 16.6. The molecule has 0 saturated carbocycles. The number of hydrogen-bond acceptors (Lipinski definition) is 3. The Hall–Kier alpha value is -3.21. The second-order valence-electron chi connectivity index (χ2n) is 9.29. The molecular formula is C26H31N3O2. The lowest BCUT2D eigenvalue weighted by molar-refractivity contribution is 0.0584. The van der Waals surface area contributed by atoms with E-state index in [9.17, 15) is 4.79 Å². The maximum atomic E-state index is 12.6. The van der Waals surface area contributed by atoms with Gasteiger partial charge in [-0.25, -0.2) is 4.79 Å². The summed E-state index contributed by atoms with van der Waals surface area (Å²) in [6, 6.07) is 14.3. The van der Waals surface area contributed by atoms with Crippen LogP contribution in [0.1, 0.15) is 50.4 Å². The van der Waals surface area contributed by atoms with Crippen LogP contribution in [0.25, 0.3) is 16.5 Å². The monoisotopic (exact) mass is 417 g/mol. The van der Waals surface area contributed by atoms with Crippen molar-refractivity contribution in [3.05, 3.63) is 65.9 Å². The summed E-state index contributed by atoms with van der Waals surface area (Å²) in [6.45, 7) is 10.6. The summed E-state index contributed by atoms with van der Waals surface area (Å²) in [5, 5.41) is 1.17. The SMILES string of the molecule is C=C(CCCc1ccc(N)cc1)c1cc2c3c(ccc2[nH]1)N(C(=O)OC(C)(C)C)CC3. The normalized spacial score (nSPS) is 13.5. The van der Waals surface area contributed by atoms with Gasteiger partial charge < -0.3 is 15.5 Å². The van der Waals surface area contributed by atoms with Crippen molar-refractivity contribution in [2.45, 2.75) is 52.1 Å². The van der Waals surface area contributed by atoms with Crippen molar-refractivity contribution < 1.29 is 9.53 Å². The molecule has 2 heterocycles. The fourth-order valence-electron chi connectivity index (χ4n) is 4.13. The number of carbonyl (C=O) groups excluding carboxylic acids is 1. The molecule has 1 amide bonds. The minimum atomic E-state index is -0.505. The predicted octanol–water partition coefficient (Wildman–Crippen LogP) is 6.08. The van der Waals surface area contributed by atoms with Gasteiger partial charge in [0.25, 0.3) is 0 Å². The molecular weight excluding hydrogens is 386 g/mol. The summed E-state index contributed by atoms with van der Waals surface area (Å²) in [5.74, 6) is 0. The highest BCUT2D eigenvalue weighted by Crippen LogP contribution is 2.36.